The first-order valence-corrected chi connectivity index (χ1v) is 6.08. The van der Waals surface area contributed by atoms with E-state index in [1.165, 1.54) is 12.1 Å². The summed E-state index contributed by atoms with van der Waals surface area (Å²) >= 11 is 0. The predicted octanol–water partition coefficient (Wildman–Crippen LogP) is 3.60. The Hall–Kier alpha value is -2.57. The van der Waals surface area contributed by atoms with Gasteiger partial charge in [0.2, 0.25) is 5.78 Å². The Kier molecular flexibility index (Phi) is 3.04. The average molecular weight is 293 g/mol. The van der Waals surface area contributed by atoms with E-state index in [4.69, 9.17) is 0 Å². The molecule has 0 radical (unpaired) electrons. The summed E-state index contributed by atoms with van der Waals surface area (Å²) in [7, 11) is 0. The number of nitrogens with zero attached hydrogens (tertiary/aromatic N) is 3. The quantitative estimate of drug-likeness (QED) is 0.724. The van der Waals surface area contributed by atoms with Crippen LogP contribution in [0.5, 0.6) is 5.75 Å². The van der Waals surface area contributed by atoms with E-state index in [1.807, 2.05) is 6.20 Å². The zero-order chi connectivity index (χ0) is 15.0. The molecule has 4 nitrogen and oxygen atoms in total. The van der Waals surface area contributed by atoms with Crippen LogP contribution in [0.15, 0.2) is 43.0 Å². The van der Waals surface area contributed by atoms with Crippen LogP contribution < -0.4 is 4.74 Å². The second kappa shape index (κ2) is 4.76. The molecule has 0 fully saturated rings. The van der Waals surface area contributed by atoms with Crippen LogP contribution in [0.2, 0.25) is 0 Å². The summed E-state index contributed by atoms with van der Waals surface area (Å²) in [5, 5.41) is 0. The van der Waals surface area contributed by atoms with Crippen molar-refractivity contribution in [1.29, 1.82) is 0 Å². The van der Waals surface area contributed by atoms with Crippen LogP contribution in [0, 0.1) is 6.92 Å². The van der Waals surface area contributed by atoms with Crippen molar-refractivity contribution >= 4 is 5.78 Å². The number of aryl methyl sites for hydroxylation is 1. The van der Waals surface area contributed by atoms with Gasteiger partial charge in [-0.2, -0.15) is 0 Å². The molecule has 2 heterocycles. The standard InChI is InChI=1S/C14H10F3N3O/c1-9-6-11(21-14(15,16)17)2-3-12(9)10-7-19-13-18-4-5-20(13)8-10/h2-8H,1H3. The van der Waals surface area contributed by atoms with Gasteiger partial charge in [0, 0.05) is 30.4 Å². The molecule has 108 valence electrons. The lowest BCUT2D eigenvalue weighted by Gasteiger charge is -2.11. The summed E-state index contributed by atoms with van der Waals surface area (Å²) in [6, 6.07) is 4.21. The van der Waals surface area contributed by atoms with Gasteiger partial charge >= 0.3 is 6.36 Å². The van der Waals surface area contributed by atoms with Gasteiger partial charge in [-0.15, -0.1) is 13.2 Å². The van der Waals surface area contributed by atoms with E-state index in [9.17, 15) is 13.2 Å². The molecule has 3 rings (SSSR count). The average Bonchev–Trinajstić information content (AvgIpc) is 2.84. The molecule has 0 N–H and O–H groups in total. The molecule has 0 saturated heterocycles. The SMILES string of the molecule is Cc1cc(OC(F)(F)F)ccc1-c1cnc2nccn2c1. The van der Waals surface area contributed by atoms with Crippen LogP contribution in [0.4, 0.5) is 13.2 Å². The molecule has 3 aromatic rings. The molecule has 0 unspecified atom stereocenters. The van der Waals surface area contributed by atoms with Gasteiger partial charge in [0.15, 0.2) is 0 Å². The van der Waals surface area contributed by atoms with E-state index >= 15 is 0 Å². The number of hydrogen-bond acceptors (Lipinski definition) is 3. The fraction of sp³-hybridized carbons (Fsp3) is 0.143. The monoisotopic (exact) mass is 293 g/mol. The van der Waals surface area contributed by atoms with E-state index in [2.05, 4.69) is 14.7 Å². The van der Waals surface area contributed by atoms with Crippen molar-refractivity contribution in [3.63, 3.8) is 0 Å². The highest BCUT2D eigenvalue weighted by atomic mass is 19.4. The zero-order valence-corrected chi connectivity index (χ0v) is 10.9. The minimum Gasteiger partial charge on any atom is -0.406 e. The topological polar surface area (TPSA) is 39.4 Å². The van der Waals surface area contributed by atoms with Crippen LogP contribution in [-0.2, 0) is 0 Å². The predicted molar refractivity (Wildman–Crippen MR) is 69.8 cm³/mol. The Bertz CT molecular complexity index is 796. The maximum atomic E-state index is 12.2. The van der Waals surface area contributed by atoms with Crippen molar-refractivity contribution in [1.82, 2.24) is 14.4 Å². The summed E-state index contributed by atoms with van der Waals surface area (Å²) in [5.74, 6) is 0.328. The summed E-state index contributed by atoms with van der Waals surface area (Å²) in [6.45, 7) is 1.72. The second-order valence-electron chi connectivity index (χ2n) is 4.50. The molecular formula is C14H10F3N3O. The second-order valence-corrected chi connectivity index (χ2v) is 4.50. The lowest BCUT2D eigenvalue weighted by Crippen LogP contribution is -2.17. The van der Waals surface area contributed by atoms with Gasteiger partial charge in [-0.05, 0) is 30.2 Å². The normalized spacial score (nSPS) is 11.8. The van der Waals surface area contributed by atoms with Gasteiger partial charge in [-0.3, -0.25) is 4.40 Å². The van der Waals surface area contributed by atoms with Crippen LogP contribution in [0.1, 0.15) is 5.56 Å². The van der Waals surface area contributed by atoms with E-state index in [0.717, 1.165) is 11.1 Å². The number of imidazole rings is 1. The van der Waals surface area contributed by atoms with Gasteiger partial charge in [0.1, 0.15) is 5.75 Å². The summed E-state index contributed by atoms with van der Waals surface area (Å²) in [6.07, 6.45) is 2.14. The molecule has 2 aromatic heterocycles. The van der Waals surface area contributed by atoms with Gasteiger partial charge in [-0.1, -0.05) is 6.07 Å². The molecule has 0 saturated carbocycles. The highest BCUT2D eigenvalue weighted by Crippen LogP contribution is 2.29. The third-order valence-corrected chi connectivity index (χ3v) is 2.99. The Morgan fingerprint density at radius 2 is 2.00 bits per heavy atom. The molecule has 0 aliphatic heterocycles. The molecule has 0 amide bonds. The Balaban J connectivity index is 1.98. The van der Waals surface area contributed by atoms with Crippen molar-refractivity contribution in [2.45, 2.75) is 13.3 Å². The van der Waals surface area contributed by atoms with Crippen LogP contribution >= 0.6 is 0 Å². The maximum Gasteiger partial charge on any atom is 0.573 e. The first-order valence-electron chi connectivity index (χ1n) is 6.08. The molecule has 1 aromatic carbocycles. The van der Waals surface area contributed by atoms with E-state index in [-0.39, 0.29) is 5.75 Å². The minimum atomic E-state index is -4.69. The molecule has 0 bridgehead atoms. The number of hydrogen-bond donors (Lipinski definition) is 0. The molecule has 0 aliphatic rings. The van der Waals surface area contributed by atoms with Gasteiger partial charge in [0.25, 0.3) is 0 Å². The zero-order valence-electron chi connectivity index (χ0n) is 10.9. The Labute approximate surface area is 117 Å². The fourth-order valence-corrected chi connectivity index (χ4v) is 2.11. The molecular weight excluding hydrogens is 283 g/mol. The van der Waals surface area contributed by atoms with Gasteiger partial charge < -0.3 is 4.74 Å². The third kappa shape index (κ3) is 2.81. The first-order chi connectivity index (χ1) is 9.92. The summed E-state index contributed by atoms with van der Waals surface area (Å²) in [4.78, 5) is 8.22. The number of halogens is 3. The van der Waals surface area contributed by atoms with Crippen molar-refractivity contribution in [2.24, 2.45) is 0 Å². The molecule has 0 spiro atoms. The van der Waals surface area contributed by atoms with Crippen molar-refractivity contribution in [3.05, 3.63) is 48.5 Å². The van der Waals surface area contributed by atoms with E-state index in [1.54, 1.807) is 36.0 Å². The van der Waals surface area contributed by atoms with Crippen LogP contribution in [-0.4, -0.2) is 20.7 Å². The Morgan fingerprint density at radius 3 is 2.71 bits per heavy atom. The number of ether oxygens (including phenoxy) is 1. The van der Waals surface area contributed by atoms with Crippen LogP contribution in [0.3, 0.4) is 0 Å². The number of alkyl halides is 3. The molecule has 7 heteroatoms. The fourth-order valence-electron chi connectivity index (χ4n) is 2.11. The van der Waals surface area contributed by atoms with Crippen LogP contribution in [0.25, 0.3) is 16.9 Å². The number of fused-ring (bicyclic) bond motifs is 1. The number of benzene rings is 1. The van der Waals surface area contributed by atoms with E-state index < -0.39 is 6.36 Å². The maximum absolute atomic E-state index is 12.2. The number of aromatic nitrogens is 3. The molecule has 21 heavy (non-hydrogen) atoms. The molecule has 0 atom stereocenters. The first kappa shape index (κ1) is 13.4. The third-order valence-electron chi connectivity index (χ3n) is 2.99. The largest absolute Gasteiger partial charge is 0.573 e. The summed E-state index contributed by atoms with van der Waals surface area (Å²) < 4.78 is 42.2. The Morgan fingerprint density at radius 1 is 1.19 bits per heavy atom. The smallest absolute Gasteiger partial charge is 0.406 e. The van der Waals surface area contributed by atoms with E-state index in [0.29, 0.717) is 11.3 Å². The lowest BCUT2D eigenvalue weighted by molar-refractivity contribution is -0.274. The number of rotatable bonds is 2. The highest BCUT2D eigenvalue weighted by Gasteiger charge is 2.31. The summed E-state index contributed by atoms with van der Waals surface area (Å²) in [5.41, 5.74) is 2.24. The van der Waals surface area contributed by atoms with Gasteiger partial charge in [0.05, 0.1) is 0 Å². The van der Waals surface area contributed by atoms with Crippen molar-refractivity contribution in [3.8, 4) is 16.9 Å². The van der Waals surface area contributed by atoms with Crippen molar-refractivity contribution < 1.29 is 17.9 Å². The molecule has 0 aliphatic carbocycles. The van der Waals surface area contributed by atoms with Gasteiger partial charge in [-0.25, -0.2) is 9.97 Å². The van der Waals surface area contributed by atoms with Crippen molar-refractivity contribution in [2.75, 3.05) is 0 Å². The minimum absolute atomic E-state index is 0.236. The highest BCUT2D eigenvalue weighted by molar-refractivity contribution is 5.67. The lowest BCUT2D eigenvalue weighted by atomic mass is 10.0.